The van der Waals surface area contributed by atoms with Crippen molar-refractivity contribution < 1.29 is 14.6 Å². The van der Waals surface area contributed by atoms with Crippen LogP contribution in [0.4, 0.5) is 4.79 Å². The molecule has 0 bridgehead atoms. The first-order valence-corrected chi connectivity index (χ1v) is 9.03. The number of phenols is 1. The van der Waals surface area contributed by atoms with Crippen LogP contribution in [0.1, 0.15) is 17.5 Å². The molecule has 0 aliphatic rings. The van der Waals surface area contributed by atoms with Crippen molar-refractivity contribution in [3.05, 3.63) is 90.0 Å². The third-order valence-corrected chi connectivity index (χ3v) is 4.05. The van der Waals surface area contributed by atoms with Crippen LogP contribution in [0.25, 0.3) is 11.1 Å². The summed E-state index contributed by atoms with van der Waals surface area (Å²) in [6.07, 6.45) is 0.101. The van der Waals surface area contributed by atoms with Gasteiger partial charge >= 0.3 is 6.09 Å². The van der Waals surface area contributed by atoms with Crippen molar-refractivity contribution >= 4 is 6.09 Å². The lowest BCUT2D eigenvalue weighted by atomic mass is 10.0. The van der Waals surface area contributed by atoms with Crippen molar-refractivity contribution in [2.24, 2.45) is 0 Å². The summed E-state index contributed by atoms with van der Waals surface area (Å²) >= 11 is 0. The molecule has 140 valence electrons. The fourth-order valence-electron chi connectivity index (χ4n) is 2.57. The first-order chi connectivity index (χ1) is 13.7. The molecule has 0 atom stereocenters. The van der Waals surface area contributed by atoms with E-state index < -0.39 is 6.09 Å². The van der Waals surface area contributed by atoms with E-state index in [1.165, 1.54) is 0 Å². The van der Waals surface area contributed by atoms with Crippen LogP contribution in [-0.4, -0.2) is 17.7 Å². The van der Waals surface area contributed by atoms with E-state index in [0.29, 0.717) is 13.0 Å². The summed E-state index contributed by atoms with van der Waals surface area (Å²) in [6.45, 7) is 0.692. The summed E-state index contributed by atoms with van der Waals surface area (Å²) in [5.74, 6) is 6.38. The topological polar surface area (TPSA) is 58.6 Å². The Morgan fingerprint density at radius 1 is 0.893 bits per heavy atom. The Morgan fingerprint density at radius 2 is 1.54 bits per heavy atom. The molecule has 3 aromatic rings. The highest BCUT2D eigenvalue weighted by Gasteiger charge is 2.01. The molecule has 4 nitrogen and oxygen atoms in total. The van der Waals surface area contributed by atoms with Gasteiger partial charge < -0.3 is 15.2 Å². The summed E-state index contributed by atoms with van der Waals surface area (Å²) < 4.78 is 5.14. The number of hydrogen-bond acceptors (Lipinski definition) is 3. The molecule has 0 fully saturated rings. The Labute approximate surface area is 164 Å². The molecule has 3 aromatic carbocycles. The van der Waals surface area contributed by atoms with Gasteiger partial charge in [-0.15, -0.1) is 0 Å². The zero-order valence-electron chi connectivity index (χ0n) is 15.4. The molecule has 4 heteroatoms. The van der Waals surface area contributed by atoms with Gasteiger partial charge in [-0.1, -0.05) is 66.4 Å². The van der Waals surface area contributed by atoms with Gasteiger partial charge in [-0.25, -0.2) is 4.79 Å². The van der Waals surface area contributed by atoms with Crippen LogP contribution in [0.2, 0.25) is 0 Å². The fraction of sp³-hybridized carbons (Fsp3) is 0.125. The van der Waals surface area contributed by atoms with E-state index in [1.807, 2.05) is 66.7 Å². The molecule has 0 saturated heterocycles. The molecule has 0 spiro atoms. The molecule has 1 amide bonds. The first-order valence-electron chi connectivity index (χ1n) is 9.03. The standard InChI is InChI=1S/C24H21NO3/c26-23-15-13-22(14-16-23)21-11-9-19(10-12-21)6-4-5-17-25-24(27)28-18-20-7-2-1-3-8-20/h1-3,7-16,26H,5,17-18H2,(H,25,27). The number of carbonyl (C=O) groups is 1. The second kappa shape index (κ2) is 9.84. The van der Waals surface area contributed by atoms with E-state index in [9.17, 15) is 9.90 Å². The maximum Gasteiger partial charge on any atom is 0.407 e. The zero-order chi connectivity index (χ0) is 19.6. The van der Waals surface area contributed by atoms with Gasteiger partial charge in [0.1, 0.15) is 12.4 Å². The molecule has 0 aliphatic carbocycles. The lowest BCUT2D eigenvalue weighted by Gasteiger charge is -2.05. The maximum absolute atomic E-state index is 11.6. The summed E-state index contributed by atoms with van der Waals surface area (Å²) in [5, 5.41) is 12.0. The predicted octanol–water partition coefficient (Wildman–Crippen LogP) is 4.73. The Kier molecular flexibility index (Phi) is 6.70. The van der Waals surface area contributed by atoms with Gasteiger partial charge in [0, 0.05) is 18.5 Å². The number of amides is 1. The van der Waals surface area contributed by atoms with Gasteiger partial charge in [0.25, 0.3) is 0 Å². The third-order valence-electron chi connectivity index (χ3n) is 4.05. The third kappa shape index (κ3) is 5.93. The van der Waals surface area contributed by atoms with Crippen LogP contribution in [0.3, 0.4) is 0 Å². The summed E-state index contributed by atoms with van der Waals surface area (Å²) in [4.78, 5) is 11.6. The minimum Gasteiger partial charge on any atom is -0.508 e. The van der Waals surface area contributed by atoms with Crippen LogP contribution in [-0.2, 0) is 11.3 Å². The van der Waals surface area contributed by atoms with E-state index in [2.05, 4.69) is 17.2 Å². The number of hydrogen-bond donors (Lipinski definition) is 2. The average molecular weight is 371 g/mol. The summed E-state index contributed by atoms with van der Waals surface area (Å²) in [5.41, 5.74) is 3.96. The molecular formula is C24H21NO3. The van der Waals surface area contributed by atoms with Crippen molar-refractivity contribution in [1.82, 2.24) is 5.32 Å². The quantitative estimate of drug-likeness (QED) is 0.504. The van der Waals surface area contributed by atoms with Crippen LogP contribution in [0, 0.1) is 11.8 Å². The highest BCUT2D eigenvalue weighted by molar-refractivity contribution is 5.67. The predicted molar refractivity (Wildman–Crippen MR) is 110 cm³/mol. The number of aromatic hydroxyl groups is 1. The molecular weight excluding hydrogens is 350 g/mol. The molecule has 28 heavy (non-hydrogen) atoms. The number of benzene rings is 3. The van der Waals surface area contributed by atoms with E-state index in [4.69, 9.17) is 4.74 Å². The van der Waals surface area contributed by atoms with Gasteiger partial charge in [0.15, 0.2) is 0 Å². The van der Waals surface area contributed by atoms with Crippen LogP contribution < -0.4 is 5.32 Å². The number of rotatable bonds is 5. The monoisotopic (exact) mass is 371 g/mol. The molecule has 3 rings (SSSR count). The molecule has 2 N–H and O–H groups in total. The number of phenolic OH excluding ortho intramolecular Hbond substituents is 1. The van der Waals surface area contributed by atoms with Crippen molar-refractivity contribution in [3.63, 3.8) is 0 Å². The highest BCUT2D eigenvalue weighted by atomic mass is 16.5. The molecule has 0 heterocycles. The Bertz CT molecular complexity index is 953. The van der Waals surface area contributed by atoms with Crippen LogP contribution in [0.5, 0.6) is 5.75 Å². The van der Waals surface area contributed by atoms with Crippen LogP contribution in [0.15, 0.2) is 78.9 Å². The average Bonchev–Trinajstić information content (AvgIpc) is 2.74. The zero-order valence-corrected chi connectivity index (χ0v) is 15.4. The highest BCUT2D eigenvalue weighted by Crippen LogP contribution is 2.21. The molecule has 0 aliphatic heterocycles. The lowest BCUT2D eigenvalue weighted by Crippen LogP contribution is -2.24. The fourth-order valence-corrected chi connectivity index (χ4v) is 2.57. The Hall–Kier alpha value is -3.71. The minimum absolute atomic E-state index is 0.254. The van der Waals surface area contributed by atoms with Gasteiger partial charge in [-0.05, 0) is 41.0 Å². The van der Waals surface area contributed by atoms with Crippen molar-refractivity contribution in [2.75, 3.05) is 6.54 Å². The summed E-state index contributed by atoms with van der Waals surface area (Å²) in [7, 11) is 0. The smallest absolute Gasteiger partial charge is 0.407 e. The van der Waals surface area contributed by atoms with Crippen molar-refractivity contribution in [3.8, 4) is 28.7 Å². The minimum atomic E-state index is -0.441. The van der Waals surface area contributed by atoms with Crippen molar-refractivity contribution in [2.45, 2.75) is 13.0 Å². The largest absolute Gasteiger partial charge is 0.508 e. The molecule has 0 radical (unpaired) electrons. The second-order valence-corrected chi connectivity index (χ2v) is 6.16. The van der Waals surface area contributed by atoms with Gasteiger partial charge in [-0.3, -0.25) is 0 Å². The molecule has 0 aromatic heterocycles. The van der Waals surface area contributed by atoms with Crippen LogP contribution >= 0.6 is 0 Å². The van der Waals surface area contributed by atoms with Crippen molar-refractivity contribution in [1.29, 1.82) is 0 Å². The number of nitrogens with one attached hydrogen (secondary N) is 1. The number of carbonyl (C=O) groups excluding carboxylic acids is 1. The van der Waals surface area contributed by atoms with E-state index in [-0.39, 0.29) is 12.4 Å². The van der Waals surface area contributed by atoms with E-state index in [1.54, 1.807) is 12.1 Å². The van der Waals surface area contributed by atoms with Gasteiger partial charge in [-0.2, -0.15) is 0 Å². The SMILES string of the molecule is O=C(NCCC#Cc1ccc(-c2ccc(O)cc2)cc1)OCc1ccccc1. The van der Waals surface area contributed by atoms with E-state index >= 15 is 0 Å². The molecule has 0 saturated carbocycles. The maximum atomic E-state index is 11.6. The number of alkyl carbamates (subject to hydrolysis) is 1. The number of ether oxygens (including phenoxy) is 1. The lowest BCUT2D eigenvalue weighted by molar-refractivity contribution is 0.140. The second-order valence-electron chi connectivity index (χ2n) is 6.16. The first kappa shape index (κ1) is 19.1. The molecule has 0 unspecified atom stereocenters. The Balaban J connectivity index is 1.40. The van der Waals surface area contributed by atoms with E-state index in [0.717, 1.165) is 22.3 Å². The Morgan fingerprint density at radius 3 is 2.21 bits per heavy atom. The normalized spacial score (nSPS) is 9.86. The van der Waals surface area contributed by atoms with Gasteiger partial charge in [0.05, 0.1) is 0 Å². The summed E-state index contributed by atoms with van der Waals surface area (Å²) in [6, 6.07) is 24.5. The van der Waals surface area contributed by atoms with Gasteiger partial charge in [0.2, 0.25) is 0 Å².